The van der Waals surface area contributed by atoms with Crippen molar-refractivity contribution < 1.29 is 5.11 Å². The van der Waals surface area contributed by atoms with Crippen LogP contribution in [0.1, 0.15) is 13.8 Å². The third-order valence-electron chi connectivity index (χ3n) is 1.38. The van der Waals surface area contributed by atoms with Crippen molar-refractivity contribution in [1.29, 1.82) is 0 Å². The van der Waals surface area contributed by atoms with Crippen LogP contribution >= 0.6 is 11.8 Å². The van der Waals surface area contributed by atoms with Crippen LogP contribution in [0.25, 0.3) is 0 Å². The highest BCUT2D eigenvalue weighted by atomic mass is 32.2. The van der Waals surface area contributed by atoms with E-state index in [9.17, 15) is 0 Å². The highest BCUT2D eigenvalue weighted by Crippen LogP contribution is 2.09. The molecule has 0 radical (unpaired) electrons. The Morgan fingerprint density at radius 3 is 2.50 bits per heavy atom. The summed E-state index contributed by atoms with van der Waals surface area (Å²) in [5.41, 5.74) is 0. The van der Waals surface area contributed by atoms with Crippen LogP contribution in [-0.2, 0) is 0 Å². The van der Waals surface area contributed by atoms with Crippen molar-refractivity contribution in [3.05, 3.63) is 0 Å². The highest BCUT2D eigenvalue weighted by Gasteiger charge is 2.02. The molecule has 0 bridgehead atoms. The SMILES string of the molecule is CNC(C)CSC(C)CO. The summed E-state index contributed by atoms with van der Waals surface area (Å²) < 4.78 is 0. The summed E-state index contributed by atoms with van der Waals surface area (Å²) in [6, 6.07) is 0.541. The second-order valence-electron chi connectivity index (χ2n) is 2.52. The van der Waals surface area contributed by atoms with Gasteiger partial charge in [-0.05, 0) is 14.0 Å². The van der Waals surface area contributed by atoms with Crippen LogP contribution in [0.3, 0.4) is 0 Å². The van der Waals surface area contributed by atoms with Crippen molar-refractivity contribution >= 4 is 11.8 Å². The Bertz CT molecular complexity index is 70.0. The maximum atomic E-state index is 8.68. The first kappa shape index (κ1) is 10.3. The maximum absolute atomic E-state index is 8.68. The lowest BCUT2D eigenvalue weighted by molar-refractivity contribution is 0.300. The van der Waals surface area contributed by atoms with E-state index >= 15 is 0 Å². The summed E-state index contributed by atoms with van der Waals surface area (Å²) in [5, 5.41) is 12.2. The van der Waals surface area contributed by atoms with Gasteiger partial charge >= 0.3 is 0 Å². The van der Waals surface area contributed by atoms with Crippen molar-refractivity contribution in [3.8, 4) is 0 Å². The number of thioether (sulfide) groups is 1. The Labute approximate surface area is 67.4 Å². The number of aliphatic hydroxyl groups is 1. The van der Waals surface area contributed by atoms with E-state index in [0.29, 0.717) is 11.3 Å². The molecule has 0 aliphatic heterocycles. The molecular formula is C7H17NOS. The molecule has 0 aromatic rings. The molecule has 0 spiro atoms. The molecule has 0 aromatic carbocycles. The van der Waals surface area contributed by atoms with Crippen LogP contribution in [0, 0.1) is 0 Å². The minimum atomic E-state index is 0.279. The van der Waals surface area contributed by atoms with E-state index in [1.165, 1.54) is 0 Å². The lowest BCUT2D eigenvalue weighted by Gasteiger charge is -2.12. The summed E-state index contributed by atoms with van der Waals surface area (Å²) in [5.74, 6) is 1.07. The first-order valence-electron chi connectivity index (χ1n) is 3.60. The van der Waals surface area contributed by atoms with E-state index in [0.717, 1.165) is 5.75 Å². The van der Waals surface area contributed by atoms with Gasteiger partial charge in [0.2, 0.25) is 0 Å². The summed E-state index contributed by atoms with van der Waals surface area (Å²) in [4.78, 5) is 0. The molecule has 2 N–H and O–H groups in total. The van der Waals surface area contributed by atoms with Gasteiger partial charge in [0.25, 0.3) is 0 Å². The Hall–Kier alpha value is 0.270. The number of aliphatic hydroxyl groups excluding tert-OH is 1. The van der Waals surface area contributed by atoms with Gasteiger partial charge in [0.15, 0.2) is 0 Å². The van der Waals surface area contributed by atoms with Gasteiger partial charge < -0.3 is 10.4 Å². The molecule has 2 atom stereocenters. The minimum absolute atomic E-state index is 0.279. The van der Waals surface area contributed by atoms with E-state index < -0.39 is 0 Å². The van der Waals surface area contributed by atoms with Gasteiger partial charge in [-0.2, -0.15) is 11.8 Å². The normalized spacial score (nSPS) is 16.8. The fourth-order valence-electron chi connectivity index (χ4n) is 0.445. The fraction of sp³-hybridized carbons (Fsp3) is 1.00. The van der Waals surface area contributed by atoms with Gasteiger partial charge in [-0.3, -0.25) is 0 Å². The molecule has 0 amide bonds. The molecule has 10 heavy (non-hydrogen) atoms. The second kappa shape index (κ2) is 6.01. The Morgan fingerprint density at radius 2 is 2.10 bits per heavy atom. The average molecular weight is 163 g/mol. The smallest absolute Gasteiger partial charge is 0.0547 e. The third-order valence-corrected chi connectivity index (χ3v) is 2.79. The topological polar surface area (TPSA) is 32.3 Å². The number of hydrogen-bond acceptors (Lipinski definition) is 3. The second-order valence-corrected chi connectivity index (χ2v) is 3.99. The fourth-order valence-corrected chi connectivity index (χ4v) is 1.33. The Balaban J connectivity index is 3.17. The molecule has 62 valence electrons. The van der Waals surface area contributed by atoms with E-state index in [2.05, 4.69) is 12.2 Å². The molecule has 3 heteroatoms. The van der Waals surface area contributed by atoms with Crippen molar-refractivity contribution in [3.63, 3.8) is 0 Å². The van der Waals surface area contributed by atoms with Crippen LogP contribution < -0.4 is 5.32 Å². The molecule has 0 aliphatic carbocycles. The lowest BCUT2D eigenvalue weighted by atomic mass is 10.4. The van der Waals surface area contributed by atoms with Gasteiger partial charge in [-0.25, -0.2) is 0 Å². The van der Waals surface area contributed by atoms with Crippen LogP contribution in [0.2, 0.25) is 0 Å². The standard InChI is InChI=1S/C7H17NOS/c1-6(8-3)5-10-7(2)4-9/h6-9H,4-5H2,1-3H3. The van der Waals surface area contributed by atoms with Gasteiger partial charge in [-0.15, -0.1) is 0 Å². The van der Waals surface area contributed by atoms with Crippen LogP contribution in [0.5, 0.6) is 0 Å². The molecular weight excluding hydrogens is 146 g/mol. The summed E-state index contributed by atoms with van der Waals surface area (Å²) >= 11 is 1.80. The predicted octanol–water partition coefficient (Wildman–Crippen LogP) is 0.708. The first-order valence-corrected chi connectivity index (χ1v) is 4.65. The number of rotatable bonds is 5. The lowest BCUT2D eigenvalue weighted by Crippen LogP contribution is -2.24. The quantitative estimate of drug-likeness (QED) is 0.626. The average Bonchev–Trinajstić information content (AvgIpc) is 1.99. The van der Waals surface area contributed by atoms with Crippen LogP contribution in [0.4, 0.5) is 0 Å². The molecule has 0 aromatic heterocycles. The van der Waals surface area contributed by atoms with Gasteiger partial charge in [0.05, 0.1) is 6.61 Å². The molecule has 2 nitrogen and oxygen atoms in total. The zero-order valence-electron chi connectivity index (χ0n) is 6.92. The largest absolute Gasteiger partial charge is 0.395 e. The molecule has 0 heterocycles. The van der Waals surface area contributed by atoms with Crippen molar-refractivity contribution in [2.45, 2.75) is 25.1 Å². The minimum Gasteiger partial charge on any atom is -0.395 e. The van der Waals surface area contributed by atoms with Gasteiger partial charge in [-0.1, -0.05) is 6.92 Å². The van der Waals surface area contributed by atoms with Gasteiger partial charge in [0, 0.05) is 17.0 Å². The first-order chi connectivity index (χ1) is 4.70. The third kappa shape index (κ3) is 5.09. The van der Waals surface area contributed by atoms with E-state index in [1.54, 1.807) is 11.8 Å². The summed E-state index contributed by atoms with van der Waals surface area (Å²) in [6.07, 6.45) is 0. The van der Waals surface area contributed by atoms with E-state index in [1.807, 2.05) is 14.0 Å². The number of nitrogens with one attached hydrogen (secondary N) is 1. The number of hydrogen-bond donors (Lipinski definition) is 2. The van der Waals surface area contributed by atoms with Crippen molar-refractivity contribution in [2.24, 2.45) is 0 Å². The highest BCUT2D eigenvalue weighted by molar-refractivity contribution is 7.99. The van der Waals surface area contributed by atoms with Crippen LogP contribution in [0.15, 0.2) is 0 Å². The molecule has 2 unspecified atom stereocenters. The summed E-state index contributed by atoms with van der Waals surface area (Å²) in [6.45, 7) is 4.45. The van der Waals surface area contributed by atoms with E-state index in [-0.39, 0.29) is 6.61 Å². The molecule has 0 aliphatic rings. The van der Waals surface area contributed by atoms with Crippen molar-refractivity contribution in [2.75, 3.05) is 19.4 Å². The summed E-state index contributed by atoms with van der Waals surface area (Å²) in [7, 11) is 1.95. The van der Waals surface area contributed by atoms with E-state index in [4.69, 9.17) is 5.11 Å². The zero-order chi connectivity index (χ0) is 7.98. The molecule has 0 saturated carbocycles. The zero-order valence-corrected chi connectivity index (χ0v) is 7.74. The molecule has 0 saturated heterocycles. The Kier molecular flexibility index (Phi) is 6.17. The van der Waals surface area contributed by atoms with Crippen molar-refractivity contribution in [1.82, 2.24) is 5.32 Å². The van der Waals surface area contributed by atoms with Gasteiger partial charge in [0.1, 0.15) is 0 Å². The predicted molar refractivity (Wildman–Crippen MR) is 47.5 cm³/mol. The molecule has 0 rings (SSSR count). The maximum Gasteiger partial charge on any atom is 0.0547 e. The molecule has 0 fully saturated rings. The van der Waals surface area contributed by atoms with Crippen LogP contribution in [-0.4, -0.2) is 35.8 Å². The Morgan fingerprint density at radius 1 is 1.50 bits per heavy atom. The monoisotopic (exact) mass is 163 g/mol.